The average molecular weight is 727 g/mol. The smallest absolute Gasteiger partial charge is 0.224 e. The van der Waals surface area contributed by atoms with E-state index in [1.165, 1.54) is 0 Å². The quantitative estimate of drug-likeness (QED) is 0.0574. The third kappa shape index (κ3) is 9.06. The molecule has 2 saturated heterocycles. The molecule has 0 bridgehead atoms. The van der Waals surface area contributed by atoms with Gasteiger partial charge in [-0.3, -0.25) is 14.4 Å². The van der Waals surface area contributed by atoms with Gasteiger partial charge in [0.15, 0.2) is 52.8 Å². The first-order chi connectivity index (χ1) is 23.5. The van der Waals surface area contributed by atoms with Gasteiger partial charge in [-0.2, -0.15) is 19.9 Å². The number of aliphatic hydroxyl groups excluding tert-OH is 1. The number of anilines is 3. The molecule has 4 aromatic rings. The molecule has 2 aliphatic carbocycles. The molecule has 50 heavy (non-hydrogen) atoms. The Labute approximate surface area is 290 Å². The van der Waals surface area contributed by atoms with Gasteiger partial charge < -0.3 is 56.5 Å². The van der Waals surface area contributed by atoms with Crippen molar-refractivity contribution >= 4 is 58.4 Å². The first-order valence-corrected chi connectivity index (χ1v) is 15.6. The molecule has 2 aliphatic heterocycles. The number of ether oxygens (including phenoxy) is 4. The Bertz CT molecular complexity index is 1720. The largest absolute Gasteiger partial charge is 0.391 e. The van der Waals surface area contributed by atoms with Crippen LogP contribution >= 0.6 is 11.6 Å². The zero-order valence-electron chi connectivity index (χ0n) is 26.5. The Morgan fingerprint density at radius 3 is 1.98 bits per heavy atom. The molecule has 10 N–H and O–H groups in total. The number of imidazole rings is 2. The summed E-state index contributed by atoms with van der Waals surface area (Å²) in [5.74, 6) is 0.567. The Balaban J connectivity index is 0.000000180. The maximum absolute atomic E-state index is 10.00. The summed E-state index contributed by atoms with van der Waals surface area (Å²) < 4.78 is 25.4. The fraction of sp³-hybridized carbons (Fsp3) is 0.607. The van der Waals surface area contributed by atoms with Crippen molar-refractivity contribution in [3.63, 3.8) is 0 Å². The Kier molecular flexibility index (Phi) is 12.8. The predicted octanol–water partition coefficient (Wildman–Crippen LogP) is 0.929. The van der Waals surface area contributed by atoms with Gasteiger partial charge in [-0.1, -0.05) is 26.0 Å². The minimum atomic E-state index is -0.938. The second-order valence-electron chi connectivity index (χ2n) is 11.5. The van der Waals surface area contributed by atoms with Crippen molar-refractivity contribution in [3.8, 4) is 0 Å². The molecule has 276 valence electrons. The number of hydrogen-bond acceptors (Lipinski definition) is 19. The van der Waals surface area contributed by atoms with E-state index in [0.717, 1.165) is 19.3 Å². The molecule has 4 aromatic heterocycles. The Hall–Kier alpha value is -3.90. The van der Waals surface area contributed by atoms with E-state index in [2.05, 4.69) is 40.1 Å². The summed E-state index contributed by atoms with van der Waals surface area (Å²) >= 11 is 5.96. The minimum absolute atomic E-state index is 0. The van der Waals surface area contributed by atoms with Crippen molar-refractivity contribution in [3.05, 3.63) is 17.8 Å². The molecule has 22 heteroatoms. The van der Waals surface area contributed by atoms with Crippen LogP contribution in [-0.4, -0.2) is 112 Å². The minimum Gasteiger partial charge on any atom is -0.391 e. The zero-order chi connectivity index (χ0) is 35.3. The van der Waals surface area contributed by atoms with Gasteiger partial charge >= 0.3 is 0 Å². The number of halogens is 1. The van der Waals surface area contributed by atoms with Crippen LogP contribution in [-0.2, 0) is 28.6 Å². The van der Waals surface area contributed by atoms with E-state index in [1.54, 1.807) is 21.8 Å². The molecule has 1 unspecified atom stereocenters. The standard InChI is InChI=1S/C12H16N6O4.C10H12ClN5O2.C4H9NO2.CH2O.CH4/c13-11-15-9(17-12(20)1-2-12)8-10(16-11)18(5-14-8)6-4-21-7(3-19)22-6;1-2-6-17-3-5(18-6)16-4-13-7-8(11)14-10(12)15-9(7)16;5-4(1-2-4)3-7-6;1-2;/h5-7,19-20H,1-4H2,(H3,13,15,16,17);4-6H,2-3H2,1H3,(H2,12,14,15);6H,1-3,5H2;1H2;1H4/t6?,7-;5-,6-;;;/m11.../s1. The lowest BCUT2D eigenvalue weighted by Crippen LogP contribution is -2.27. The average Bonchev–Trinajstić information content (AvgIpc) is 3.62. The van der Waals surface area contributed by atoms with Crippen LogP contribution in [0.25, 0.3) is 22.3 Å². The van der Waals surface area contributed by atoms with Gasteiger partial charge in [-0.15, -0.1) is 0 Å². The summed E-state index contributed by atoms with van der Waals surface area (Å²) in [6, 6.07) is 0. The molecular weight excluding hydrogens is 684 g/mol. The highest BCUT2D eigenvalue weighted by Crippen LogP contribution is 2.37. The summed E-state index contributed by atoms with van der Waals surface area (Å²) in [6.07, 6.45) is 5.65. The normalized spacial score (nSPS) is 23.8. The zero-order valence-corrected chi connectivity index (χ0v) is 27.3. The molecule has 2 saturated carbocycles. The van der Waals surface area contributed by atoms with Crippen LogP contribution in [0, 0.1) is 0 Å². The first-order valence-electron chi connectivity index (χ1n) is 15.2. The number of rotatable bonds is 8. The molecule has 0 aromatic carbocycles. The van der Waals surface area contributed by atoms with E-state index < -0.39 is 18.2 Å². The topological polar surface area (TPSA) is 301 Å². The first kappa shape index (κ1) is 38.9. The van der Waals surface area contributed by atoms with Gasteiger partial charge in [0.05, 0.1) is 39.1 Å². The summed E-state index contributed by atoms with van der Waals surface area (Å²) in [5, 5.41) is 30.1. The van der Waals surface area contributed by atoms with Gasteiger partial charge in [0.1, 0.15) is 18.0 Å². The lowest BCUT2D eigenvalue weighted by Gasteiger charge is -2.13. The third-order valence-corrected chi connectivity index (χ3v) is 7.99. The number of nitrogen functional groups attached to an aromatic ring is 2. The van der Waals surface area contributed by atoms with Crippen molar-refractivity contribution in [1.82, 2.24) is 39.0 Å². The van der Waals surface area contributed by atoms with E-state index in [1.807, 2.05) is 13.7 Å². The summed E-state index contributed by atoms with van der Waals surface area (Å²) in [4.78, 5) is 36.6. The van der Waals surface area contributed by atoms with Crippen molar-refractivity contribution in [1.29, 1.82) is 0 Å². The van der Waals surface area contributed by atoms with Crippen LogP contribution in [0.4, 0.5) is 17.7 Å². The van der Waals surface area contributed by atoms with Gasteiger partial charge in [0.2, 0.25) is 11.9 Å². The molecule has 21 nitrogen and oxygen atoms in total. The van der Waals surface area contributed by atoms with E-state index in [9.17, 15) is 5.11 Å². The number of carbonyl (C=O) groups excluding carboxylic acids is 1. The van der Waals surface area contributed by atoms with Crippen molar-refractivity contribution in [2.45, 2.75) is 82.8 Å². The van der Waals surface area contributed by atoms with Gasteiger partial charge in [-0.25, -0.2) is 14.9 Å². The number of nitrogens with one attached hydrogen (secondary N) is 1. The van der Waals surface area contributed by atoms with Crippen LogP contribution in [0.15, 0.2) is 12.7 Å². The second kappa shape index (κ2) is 16.4. The van der Waals surface area contributed by atoms with Crippen LogP contribution in [0.5, 0.6) is 0 Å². The third-order valence-electron chi connectivity index (χ3n) is 7.72. The molecule has 0 amide bonds. The number of nitrogens with two attached hydrogens (primary N) is 3. The SMILES string of the molecule is C.C=O.CC[C@@H]1OC[C@H](n2cnc3c(Cl)nc(N)nc32)O1.NC1(COO)CC1.Nc1nc(NC2(O)CC2)c2ncn(C3CO[C@@H](CO)O3)c2n1. The maximum atomic E-state index is 10.00. The van der Waals surface area contributed by atoms with E-state index in [4.69, 9.17) is 62.9 Å². The highest BCUT2D eigenvalue weighted by Gasteiger charge is 2.42. The van der Waals surface area contributed by atoms with Crippen molar-refractivity contribution in [2.24, 2.45) is 5.73 Å². The van der Waals surface area contributed by atoms with E-state index in [-0.39, 0.29) is 62.4 Å². The number of fused-ring (bicyclic) bond motifs is 2. The van der Waals surface area contributed by atoms with Gasteiger partial charge in [-0.05, 0) is 32.1 Å². The molecule has 0 spiro atoms. The molecule has 8 rings (SSSR count). The number of hydrogen-bond donors (Lipinski definition) is 7. The molecule has 6 heterocycles. The lowest BCUT2D eigenvalue weighted by molar-refractivity contribution is -0.247. The Morgan fingerprint density at radius 1 is 0.960 bits per heavy atom. The van der Waals surface area contributed by atoms with Crippen LogP contribution in [0.2, 0.25) is 5.15 Å². The predicted molar refractivity (Wildman–Crippen MR) is 178 cm³/mol. The summed E-state index contributed by atoms with van der Waals surface area (Å²) in [6.45, 7) is 4.78. The second-order valence-corrected chi connectivity index (χ2v) is 11.9. The highest BCUT2D eigenvalue weighted by molar-refractivity contribution is 6.33. The van der Waals surface area contributed by atoms with Crippen LogP contribution in [0.1, 0.15) is 58.9 Å². The Morgan fingerprint density at radius 2 is 1.50 bits per heavy atom. The van der Waals surface area contributed by atoms with Gasteiger partial charge in [0.25, 0.3) is 0 Å². The molecule has 4 aliphatic rings. The van der Waals surface area contributed by atoms with Crippen molar-refractivity contribution < 1.29 is 44.1 Å². The lowest BCUT2D eigenvalue weighted by atomic mass is 10.3. The van der Waals surface area contributed by atoms with Crippen molar-refractivity contribution in [2.75, 3.05) is 43.2 Å². The molecule has 4 fully saturated rings. The fourth-order valence-electron chi connectivity index (χ4n) is 4.73. The van der Waals surface area contributed by atoms with Crippen LogP contribution in [0.3, 0.4) is 0 Å². The number of aliphatic hydroxyl groups is 2. The summed E-state index contributed by atoms with van der Waals surface area (Å²) in [7, 11) is 0. The summed E-state index contributed by atoms with van der Waals surface area (Å²) in [5.41, 5.74) is 17.7. The monoisotopic (exact) mass is 726 g/mol. The number of carbonyl (C=O) groups is 1. The number of nitrogens with zero attached hydrogens (tertiary/aromatic N) is 8. The van der Waals surface area contributed by atoms with E-state index in [0.29, 0.717) is 47.6 Å². The molecule has 4 atom stereocenters. The maximum Gasteiger partial charge on any atom is 0.224 e. The highest BCUT2D eigenvalue weighted by atomic mass is 35.5. The van der Waals surface area contributed by atoms with Crippen LogP contribution < -0.4 is 22.5 Å². The van der Waals surface area contributed by atoms with Gasteiger partial charge in [0, 0.05) is 5.54 Å². The molecular formula is C28H43ClN12O9. The fourth-order valence-corrected chi connectivity index (χ4v) is 4.95. The van der Waals surface area contributed by atoms with E-state index >= 15 is 0 Å². The molecule has 0 radical (unpaired) electrons. The number of aromatic nitrogens is 8.